The number of aromatic nitrogens is 3. The highest BCUT2D eigenvalue weighted by Crippen LogP contribution is 2.24. The zero-order valence-electron chi connectivity index (χ0n) is 14.7. The normalized spacial score (nSPS) is 11.6. The zero-order chi connectivity index (χ0) is 17.9. The molecular formula is C18H22N4O2. The molecule has 2 aromatic rings. The van der Waals surface area contributed by atoms with E-state index in [0.29, 0.717) is 0 Å². The molecule has 0 unspecified atom stereocenters. The maximum absolute atomic E-state index is 11.8. The molecule has 2 heterocycles. The number of carbonyl (C=O) groups excluding carboxylic acids is 1. The second-order valence-corrected chi connectivity index (χ2v) is 5.78. The number of hydrogen-bond donors (Lipinski definition) is 0. The molecule has 0 saturated heterocycles. The van der Waals surface area contributed by atoms with Crippen LogP contribution in [0.3, 0.4) is 0 Å². The summed E-state index contributed by atoms with van der Waals surface area (Å²) in [6.07, 6.45) is 3.34. The second kappa shape index (κ2) is 7.18. The summed E-state index contributed by atoms with van der Waals surface area (Å²) in [6, 6.07) is 6.04. The Morgan fingerprint density at radius 2 is 2.17 bits per heavy atom. The largest absolute Gasteiger partial charge is 0.462 e. The Morgan fingerprint density at radius 3 is 2.75 bits per heavy atom. The van der Waals surface area contributed by atoms with Crippen molar-refractivity contribution in [3.63, 3.8) is 0 Å². The van der Waals surface area contributed by atoms with Crippen molar-refractivity contribution < 1.29 is 9.53 Å². The van der Waals surface area contributed by atoms with Gasteiger partial charge in [-0.3, -0.25) is 0 Å². The van der Waals surface area contributed by atoms with Gasteiger partial charge in [-0.25, -0.2) is 9.48 Å². The maximum atomic E-state index is 11.8. The number of esters is 1. The lowest BCUT2D eigenvalue weighted by molar-refractivity contribution is -0.137. The van der Waals surface area contributed by atoms with E-state index in [9.17, 15) is 10.1 Å². The van der Waals surface area contributed by atoms with Crippen LogP contribution < -0.4 is 0 Å². The quantitative estimate of drug-likeness (QED) is 0.480. The van der Waals surface area contributed by atoms with Crippen LogP contribution in [0, 0.1) is 25.2 Å². The molecule has 0 bridgehead atoms. The second-order valence-electron chi connectivity index (χ2n) is 5.78. The number of nitrogens with zero attached hydrogens (tertiary/aromatic N) is 4. The van der Waals surface area contributed by atoms with Crippen LogP contribution in [-0.4, -0.2) is 26.9 Å². The predicted molar refractivity (Wildman–Crippen MR) is 91.6 cm³/mol. The van der Waals surface area contributed by atoms with Crippen molar-refractivity contribution in [2.24, 2.45) is 0 Å². The molecule has 0 radical (unpaired) electrons. The van der Waals surface area contributed by atoms with E-state index in [1.54, 1.807) is 19.2 Å². The van der Waals surface area contributed by atoms with E-state index >= 15 is 0 Å². The number of carbonyl (C=O) groups is 1. The first-order chi connectivity index (χ1) is 11.4. The van der Waals surface area contributed by atoms with Crippen molar-refractivity contribution in [1.29, 1.82) is 5.26 Å². The van der Waals surface area contributed by atoms with Crippen LogP contribution in [0.2, 0.25) is 0 Å². The SMILES string of the molecule is CCOC(=O)C(C#N)=Cc1cc(C)n(-c2ccnn2C(C)C)c1C. The van der Waals surface area contributed by atoms with Gasteiger partial charge in [-0.15, -0.1) is 0 Å². The molecule has 0 aliphatic heterocycles. The van der Waals surface area contributed by atoms with Gasteiger partial charge in [-0.05, 0) is 52.3 Å². The summed E-state index contributed by atoms with van der Waals surface area (Å²) in [4.78, 5) is 11.8. The number of nitriles is 1. The van der Waals surface area contributed by atoms with Crippen LogP contribution in [0.5, 0.6) is 0 Å². The average Bonchev–Trinajstić information content (AvgIpc) is 3.10. The van der Waals surface area contributed by atoms with E-state index < -0.39 is 5.97 Å². The lowest BCUT2D eigenvalue weighted by Gasteiger charge is -2.15. The third-order valence-electron chi connectivity index (χ3n) is 3.75. The highest BCUT2D eigenvalue weighted by Gasteiger charge is 2.16. The minimum Gasteiger partial charge on any atom is -0.462 e. The van der Waals surface area contributed by atoms with E-state index in [1.807, 2.05) is 36.7 Å². The molecule has 2 aromatic heterocycles. The molecule has 0 aliphatic carbocycles. The summed E-state index contributed by atoms with van der Waals surface area (Å²) in [5, 5.41) is 13.6. The third-order valence-corrected chi connectivity index (χ3v) is 3.75. The van der Waals surface area contributed by atoms with Crippen molar-refractivity contribution in [3.05, 3.63) is 40.9 Å². The molecule has 126 valence electrons. The molecule has 0 saturated carbocycles. The van der Waals surface area contributed by atoms with Gasteiger partial charge in [0.15, 0.2) is 0 Å². The first-order valence-electron chi connectivity index (χ1n) is 7.92. The van der Waals surface area contributed by atoms with E-state index in [-0.39, 0.29) is 18.2 Å². The molecular weight excluding hydrogens is 304 g/mol. The van der Waals surface area contributed by atoms with Gasteiger partial charge in [0, 0.05) is 23.5 Å². The smallest absolute Gasteiger partial charge is 0.348 e. The highest BCUT2D eigenvalue weighted by molar-refractivity contribution is 5.98. The number of rotatable bonds is 5. The molecule has 0 amide bonds. The lowest BCUT2D eigenvalue weighted by Crippen LogP contribution is -2.11. The van der Waals surface area contributed by atoms with E-state index in [2.05, 4.69) is 23.5 Å². The summed E-state index contributed by atoms with van der Waals surface area (Å²) in [5.41, 5.74) is 2.75. The minimum absolute atomic E-state index is 0.00512. The Bertz CT molecular complexity index is 819. The molecule has 0 atom stereocenters. The molecule has 0 fully saturated rings. The maximum Gasteiger partial charge on any atom is 0.348 e. The van der Waals surface area contributed by atoms with Crippen LogP contribution in [-0.2, 0) is 9.53 Å². The van der Waals surface area contributed by atoms with Crippen LogP contribution in [0.4, 0.5) is 0 Å². The fourth-order valence-electron chi connectivity index (χ4n) is 2.67. The highest BCUT2D eigenvalue weighted by atomic mass is 16.5. The van der Waals surface area contributed by atoms with Crippen molar-refractivity contribution in [3.8, 4) is 11.9 Å². The lowest BCUT2D eigenvalue weighted by atomic mass is 10.1. The van der Waals surface area contributed by atoms with Gasteiger partial charge >= 0.3 is 5.97 Å². The molecule has 0 aromatic carbocycles. The molecule has 6 heteroatoms. The Hall–Kier alpha value is -2.81. The minimum atomic E-state index is -0.600. The van der Waals surface area contributed by atoms with Gasteiger partial charge in [-0.2, -0.15) is 10.4 Å². The molecule has 0 aliphatic rings. The fourth-order valence-corrected chi connectivity index (χ4v) is 2.67. The first kappa shape index (κ1) is 17.5. The number of hydrogen-bond acceptors (Lipinski definition) is 4. The van der Waals surface area contributed by atoms with E-state index in [4.69, 9.17) is 4.74 Å². The molecule has 2 rings (SSSR count). The standard InChI is InChI=1S/C18H22N4O2/c1-6-24-18(23)16(11-19)10-15-9-13(4)21(14(15)5)17-7-8-20-22(17)12(2)3/h7-10,12H,6H2,1-5H3. The van der Waals surface area contributed by atoms with Crippen molar-refractivity contribution in [2.75, 3.05) is 6.61 Å². The fraction of sp³-hybridized carbons (Fsp3) is 0.389. The van der Waals surface area contributed by atoms with Crippen molar-refractivity contribution in [1.82, 2.24) is 14.3 Å². The molecule has 0 spiro atoms. The summed E-state index contributed by atoms with van der Waals surface area (Å²) in [7, 11) is 0. The van der Waals surface area contributed by atoms with Crippen LogP contribution in [0.15, 0.2) is 23.9 Å². The Kier molecular flexibility index (Phi) is 5.24. The van der Waals surface area contributed by atoms with Gasteiger partial charge < -0.3 is 9.30 Å². The monoisotopic (exact) mass is 326 g/mol. The van der Waals surface area contributed by atoms with E-state index in [0.717, 1.165) is 22.8 Å². The van der Waals surface area contributed by atoms with Gasteiger partial charge in [0.1, 0.15) is 17.5 Å². The average molecular weight is 326 g/mol. The van der Waals surface area contributed by atoms with Crippen molar-refractivity contribution >= 4 is 12.0 Å². The Labute approximate surface area is 142 Å². The van der Waals surface area contributed by atoms with E-state index in [1.165, 1.54) is 0 Å². The summed E-state index contributed by atoms with van der Waals surface area (Å²) in [5.74, 6) is 0.353. The first-order valence-corrected chi connectivity index (χ1v) is 7.92. The summed E-state index contributed by atoms with van der Waals surface area (Å²) < 4.78 is 8.92. The number of ether oxygens (including phenoxy) is 1. The van der Waals surface area contributed by atoms with Gasteiger partial charge in [0.25, 0.3) is 0 Å². The van der Waals surface area contributed by atoms with Crippen LogP contribution in [0.25, 0.3) is 11.9 Å². The number of aryl methyl sites for hydroxylation is 1. The molecule has 24 heavy (non-hydrogen) atoms. The summed E-state index contributed by atoms with van der Waals surface area (Å²) in [6.45, 7) is 10.0. The Balaban J connectivity index is 2.52. The van der Waals surface area contributed by atoms with Crippen molar-refractivity contribution in [2.45, 2.75) is 40.7 Å². The third kappa shape index (κ3) is 3.25. The molecule has 6 nitrogen and oxygen atoms in total. The van der Waals surface area contributed by atoms with Gasteiger partial charge in [0.05, 0.1) is 12.8 Å². The van der Waals surface area contributed by atoms with Crippen LogP contribution in [0.1, 0.15) is 43.8 Å². The zero-order valence-corrected chi connectivity index (χ0v) is 14.7. The van der Waals surface area contributed by atoms with Gasteiger partial charge in [0.2, 0.25) is 0 Å². The Morgan fingerprint density at radius 1 is 1.46 bits per heavy atom. The van der Waals surface area contributed by atoms with Crippen LogP contribution >= 0.6 is 0 Å². The summed E-state index contributed by atoms with van der Waals surface area (Å²) >= 11 is 0. The van der Waals surface area contributed by atoms with Gasteiger partial charge in [-0.1, -0.05) is 0 Å². The topological polar surface area (TPSA) is 72.8 Å². The predicted octanol–water partition coefficient (Wildman–Crippen LogP) is 3.34. The molecule has 0 N–H and O–H groups in total.